The van der Waals surface area contributed by atoms with Crippen molar-refractivity contribution in [1.29, 1.82) is 0 Å². The van der Waals surface area contributed by atoms with Crippen LogP contribution < -0.4 is 5.32 Å². The lowest BCUT2D eigenvalue weighted by Gasteiger charge is -2.48. The average Bonchev–Trinajstić information content (AvgIpc) is 3.34. The third-order valence-electron chi connectivity index (χ3n) is 8.17. The summed E-state index contributed by atoms with van der Waals surface area (Å²) in [6.45, 7) is 6.33. The number of hydrogen-bond donors (Lipinski definition) is 1. The Labute approximate surface area is 166 Å². The van der Waals surface area contributed by atoms with Crippen LogP contribution in [0.25, 0.3) is 0 Å². The molecule has 2 saturated carbocycles. The fourth-order valence-electron chi connectivity index (χ4n) is 6.72. The van der Waals surface area contributed by atoms with E-state index in [2.05, 4.69) is 19.2 Å². The highest BCUT2D eigenvalue weighted by molar-refractivity contribution is 5.76. The molecule has 2 aliphatic heterocycles. The van der Waals surface area contributed by atoms with E-state index < -0.39 is 0 Å². The zero-order valence-electron chi connectivity index (χ0n) is 16.8. The first kappa shape index (κ1) is 18.6. The molecular formula is C23H31FNO3+. The summed E-state index contributed by atoms with van der Waals surface area (Å²) in [7, 11) is 0. The number of benzene rings is 1. The number of quaternary nitrogens is 1. The van der Waals surface area contributed by atoms with Gasteiger partial charge in [-0.2, -0.15) is 0 Å². The second-order valence-electron chi connectivity index (χ2n) is 9.74. The summed E-state index contributed by atoms with van der Waals surface area (Å²) in [5.41, 5.74) is 1.25. The first-order chi connectivity index (χ1) is 13.4. The third kappa shape index (κ3) is 2.66. The molecule has 5 rings (SSSR count). The molecule has 4 fully saturated rings. The highest BCUT2D eigenvalue weighted by Crippen LogP contribution is 2.70. The first-order valence-corrected chi connectivity index (χ1v) is 10.9. The molecule has 2 heterocycles. The predicted molar refractivity (Wildman–Crippen MR) is 102 cm³/mol. The number of ether oxygens (including phenoxy) is 2. The summed E-state index contributed by atoms with van der Waals surface area (Å²) >= 11 is 0. The largest absolute Gasteiger partial charge is 0.462 e. The Hall–Kier alpha value is -1.46. The maximum absolute atomic E-state index is 13.0. The molecule has 152 valence electrons. The number of carbonyl (C=O) groups is 1. The third-order valence-corrected chi connectivity index (χ3v) is 8.17. The summed E-state index contributed by atoms with van der Waals surface area (Å²) in [5.74, 6) is 0.473. The Morgan fingerprint density at radius 3 is 2.86 bits per heavy atom. The minimum atomic E-state index is -0.202. The molecule has 2 N–H and O–H groups in total. The number of fused-ring (bicyclic) bond motifs is 2. The van der Waals surface area contributed by atoms with E-state index in [-0.39, 0.29) is 46.8 Å². The van der Waals surface area contributed by atoms with Gasteiger partial charge >= 0.3 is 5.97 Å². The van der Waals surface area contributed by atoms with Gasteiger partial charge < -0.3 is 14.8 Å². The monoisotopic (exact) mass is 388 g/mol. The normalized spacial score (nSPS) is 43.7. The van der Waals surface area contributed by atoms with Crippen LogP contribution in [-0.2, 0) is 20.7 Å². The topological polar surface area (TPSA) is 55.4 Å². The minimum Gasteiger partial charge on any atom is -0.462 e. The molecule has 0 amide bonds. The molecule has 0 unspecified atom stereocenters. The van der Waals surface area contributed by atoms with Gasteiger partial charge in [0.05, 0.1) is 19.2 Å². The molecule has 1 spiro atoms. The Balaban J connectivity index is 1.23. The summed E-state index contributed by atoms with van der Waals surface area (Å²) in [5, 5.41) is 2.21. The maximum atomic E-state index is 13.0. The lowest BCUT2D eigenvalue weighted by Crippen LogP contribution is -2.86. The highest BCUT2D eigenvalue weighted by Gasteiger charge is 2.78. The van der Waals surface area contributed by atoms with Gasteiger partial charge in [-0.25, -0.2) is 4.39 Å². The van der Waals surface area contributed by atoms with Crippen LogP contribution in [0.1, 0.15) is 45.1 Å². The number of rotatable bonds is 5. The molecule has 1 aromatic carbocycles. The summed E-state index contributed by atoms with van der Waals surface area (Å²) in [4.78, 5) is 12.7. The Bertz CT molecular complexity index is 768. The van der Waals surface area contributed by atoms with E-state index in [1.807, 2.05) is 12.1 Å². The number of carbonyl (C=O) groups excluding carboxylic acids is 1. The zero-order chi connectivity index (χ0) is 19.5. The van der Waals surface area contributed by atoms with Gasteiger partial charge in [-0.3, -0.25) is 4.79 Å². The van der Waals surface area contributed by atoms with E-state index in [4.69, 9.17) is 9.47 Å². The van der Waals surface area contributed by atoms with Crippen molar-refractivity contribution in [2.75, 3.05) is 13.1 Å². The molecule has 7 atom stereocenters. The van der Waals surface area contributed by atoms with Crippen LogP contribution in [0.3, 0.4) is 0 Å². The van der Waals surface area contributed by atoms with Crippen molar-refractivity contribution in [3.8, 4) is 0 Å². The van der Waals surface area contributed by atoms with Gasteiger partial charge in [0, 0.05) is 17.8 Å². The Morgan fingerprint density at radius 1 is 1.29 bits per heavy atom. The van der Waals surface area contributed by atoms with E-state index in [0.717, 1.165) is 31.5 Å². The second-order valence-corrected chi connectivity index (χ2v) is 9.74. The first-order valence-electron chi connectivity index (χ1n) is 10.9. The quantitative estimate of drug-likeness (QED) is 0.479. The molecule has 2 saturated heterocycles. The molecule has 1 aromatic rings. The molecule has 28 heavy (non-hydrogen) atoms. The number of epoxide rings is 1. The summed E-state index contributed by atoms with van der Waals surface area (Å²) in [6, 6.07) is 6.67. The molecular weight excluding hydrogens is 357 g/mol. The van der Waals surface area contributed by atoms with Gasteiger partial charge in [-0.15, -0.1) is 0 Å². The van der Waals surface area contributed by atoms with Crippen LogP contribution in [0, 0.1) is 29.0 Å². The van der Waals surface area contributed by atoms with Gasteiger partial charge in [-0.05, 0) is 42.9 Å². The molecule has 2 aliphatic carbocycles. The van der Waals surface area contributed by atoms with Crippen LogP contribution >= 0.6 is 0 Å². The van der Waals surface area contributed by atoms with Crippen molar-refractivity contribution in [3.63, 3.8) is 0 Å². The van der Waals surface area contributed by atoms with Crippen molar-refractivity contribution in [3.05, 3.63) is 35.6 Å². The van der Waals surface area contributed by atoms with Crippen LogP contribution in [-0.4, -0.2) is 36.9 Å². The van der Waals surface area contributed by atoms with Crippen molar-refractivity contribution < 1.29 is 24.0 Å². The number of halogens is 1. The van der Waals surface area contributed by atoms with Crippen molar-refractivity contribution in [2.24, 2.45) is 23.2 Å². The smallest absolute Gasteiger partial charge is 0.315 e. The lowest BCUT2D eigenvalue weighted by molar-refractivity contribution is -0.658. The molecule has 0 radical (unpaired) electrons. The zero-order valence-corrected chi connectivity index (χ0v) is 16.8. The van der Waals surface area contributed by atoms with Gasteiger partial charge in [0.15, 0.2) is 0 Å². The van der Waals surface area contributed by atoms with E-state index in [9.17, 15) is 9.18 Å². The summed E-state index contributed by atoms with van der Waals surface area (Å²) in [6.07, 6.45) is 5.70. The van der Waals surface area contributed by atoms with Crippen LogP contribution in [0.15, 0.2) is 24.3 Å². The molecule has 0 bridgehead atoms. The van der Waals surface area contributed by atoms with Crippen LogP contribution in [0.4, 0.5) is 4.39 Å². The summed E-state index contributed by atoms with van der Waals surface area (Å²) < 4.78 is 25.4. The second kappa shape index (κ2) is 6.53. The van der Waals surface area contributed by atoms with Gasteiger partial charge in [0.25, 0.3) is 0 Å². The molecule has 0 aromatic heterocycles. The van der Waals surface area contributed by atoms with Crippen LogP contribution in [0.2, 0.25) is 0 Å². The van der Waals surface area contributed by atoms with E-state index in [1.165, 1.54) is 31.4 Å². The van der Waals surface area contributed by atoms with Crippen molar-refractivity contribution in [2.45, 2.75) is 63.8 Å². The predicted octanol–water partition coefficient (Wildman–Crippen LogP) is 2.46. The Kier molecular flexibility index (Phi) is 4.33. The molecule has 4 nitrogen and oxygen atoms in total. The van der Waals surface area contributed by atoms with Crippen molar-refractivity contribution in [1.82, 2.24) is 0 Å². The number of hydrogen-bond acceptors (Lipinski definition) is 3. The molecule has 4 aliphatic rings. The highest BCUT2D eigenvalue weighted by atomic mass is 19.1. The van der Waals surface area contributed by atoms with Gasteiger partial charge in [0.1, 0.15) is 23.4 Å². The fourth-order valence-corrected chi connectivity index (χ4v) is 6.72. The number of esters is 1. The lowest BCUT2D eigenvalue weighted by atomic mass is 9.53. The van der Waals surface area contributed by atoms with E-state index >= 15 is 0 Å². The average molecular weight is 389 g/mol. The fraction of sp³-hybridized carbons (Fsp3) is 0.696. The molecule has 5 heteroatoms. The van der Waals surface area contributed by atoms with Gasteiger partial charge in [-0.1, -0.05) is 32.4 Å². The Morgan fingerprint density at radius 2 is 2.07 bits per heavy atom. The van der Waals surface area contributed by atoms with Gasteiger partial charge in [0.2, 0.25) is 0 Å². The minimum absolute atomic E-state index is 0.0211. The SMILES string of the molecule is C[C@H]1CCC[C@]2(C)C[C@H]3OC(=O)[C@H](C[NH2+]CCc4ccc(F)cc4)[C@H]3[C@H]3O[C@@]312. The van der Waals surface area contributed by atoms with E-state index in [1.54, 1.807) is 0 Å². The maximum Gasteiger partial charge on any atom is 0.315 e. The standard InChI is InChI=1S/C23H30FNO3/c1-14-4-3-10-22(2)12-18-19(20-23(14,22)28-20)17(21(26)27-18)13-25-11-9-15-5-7-16(24)8-6-15/h5-8,14,17-20,25H,3-4,9-13H2,1-2H3/p+1/t14-,17+,18+,19+,20+,22+,23+/m0/s1. The van der Waals surface area contributed by atoms with E-state index in [0.29, 0.717) is 5.92 Å². The van der Waals surface area contributed by atoms with Crippen LogP contribution in [0.5, 0.6) is 0 Å². The van der Waals surface area contributed by atoms with Crippen molar-refractivity contribution >= 4 is 5.97 Å². The number of nitrogens with two attached hydrogens (primary N) is 1.